The first kappa shape index (κ1) is 17.2. The highest BCUT2D eigenvalue weighted by molar-refractivity contribution is 9.10. The van der Waals surface area contributed by atoms with Gasteiger partial charge >= 0.3 is 0 Å². The van der Waals surface area contributed by atoms with Gasteiger partial charge in [-0.2, -0.15) is 4.98 Å². The number of ether oxygens (including phenoxy) is 1. The Hall–Kier alpha value is -3.19. The number of fused-ring (bicyclic) bond motifs is 1. The van der Waals surface area contributed by atoms with Gasteiger partial charge in [0.25, 0.3) is 0 Å². The molecule has 0 aliphatic carbocycles. The van der Waals surface area contributed by atoms with E-state index in [1.807, 2.05) is 55.5 Å². The Labute approximate surface area is 164 Å². The molecule has 2 aromatic carbocycles. The van der Waals surface area contributed by atoms with E-state index in [4.69, 9.17) is 10.5 Å². The van der Waals surface area contributed by atoms with Crippen LogP contribution in [0.15, 0.2) is 65.5 Å². The summed E-state index contributed by atoms with van der Waals surface area (Å²) < 4.78 is 6.92. The fourth-order valence-electron chi connectivity index (χ4n) is 2.72. The Morgan fingerprint density at radius 1 is 1.04 bits per heavy atom. The SMILES string of the molecule is Cc1cccc(Nc2ncnc(Oc3ccc(Br)c4cccnc34)c2N)c1. The Morgan fingerprint density at radius 3 is 2.78 bits per heavy atom. The summed E-state index contributed by atoms with van der Waals surface area (Å²) in [6.45, 7) is 2.02. The number of nitrogens with two attached hydrogens (primary N) is 1. The van der Waals surface area contributed by atoms with Crippen molar-refractivity contribution < 1.29 is 4.74 Å². The number of nitrogens with one attached hydrogen (secondary N) is 1. The van der Waals surface area contributed by atoms with E-state index in [1.54, 1.807) is 6.20 Å². The molecule has 0 aliphatic rings. The third-order valence-electron chi connectivity index (χ3n) is 4.01. The molecule has 27 heavy (non-hydrogen) atoms. The third kappa shape index (κ3) is 3.54. The first-order valence-electron chi connectivity index (χ1n) is 8.27. The zero-order valence-electron chi connectivity index (χ0n) is 14.5. The summed E-state index contributed by atoms with van der Waals surface area (Å²) in [7, 11) is 0. The summed E-state index contributed by atoms with van der Waals surface area (Å²) in [5.41, 5.74) is 9.32. The smallest absolute Gasteiger partial charge is 0.248 e. The normalized spacial score (nSPS) is 10.7. The molecule has 0 unspecified atom stereocenters. The van der Waals surface area contributed by atoms with Gasteiger partial charge in [-0.1, -0.05) is 34.1 Å². The molecular formula is C20H16BrN5O. The van der Waals surface area contributed by atoms with Crippen molar-refractivity contribution in [2.45, 2.75) is 6.92 Å². The van der Waals surface area contributed by atoms with E-state index >= 15 is 0 Å². The molecule has 4 aromatic rings. The van der Waals surface area contributed by atoms with Gasteiger partial charge in [0.2, 0.25) is 5.88 Å². The molecule has 0 bridgehead atoms. The van der Waals surface area contributed by atoms with Crippen molar-refractivity contribution in [1.82, 2.24) is 15.0 Å². The summed E-state index contributed by atoms with van der Waals surface area (Å²) in [6.07, 6.45) is 3.13. The number of pyridine rings is 1. The van der Waals surface area contributed by atoms with E-state index < -0.39 is 0 Å². The highest BCUT2D eigenvalue weighted by Crippen LogP contribution is 2.35. The Balaban J connectivity index is 1.69. The molecule has 4 rings (SSSR count). The lowest BCUT2D eigenvalue weighted by atomic mass is 10.2. The van der Waals surface area contributed by atoms with E-state index in [0.29, 0.717) is 17.3 Å². The summed E-state index contributed by atoms with van der Waals surface area (Å²) in [6, 6.07) is 15.5. The minimum Gasteiger partial charge on any atom is -0.435 e. The van der Waals surface area contributed by atoms with E-state index in [1.165, 1.54) is 6.33 Å². The minimum absolute atomic E-state index is 0.273. The number of hydrogen-bond donors (Lipinski definition) is 2. The number of rotatable bonds is 4. The maximum absolute atomic E-state index is 6.25. The van der Waals surface area contributed by atoms with Crippen molar-refractivity contribution in [3.8, 4) is 11.6 Å². The minimum atomic E-state index is 0.273. The molecule has 6 nitrogen and oxygen atoms in total. The molecule has 0 atom stereocenters. The van der Waals surface area contributed by atoms with Crippen molar-refractivity contribution in [2.75, 3.05) is 11.1 Å². The number of aryl methyl sites for hydroxylation is 1. The van der Waals surface area contributed by atoms with Crippen molar-refractivity contribution in [3.63, 3.8) is 0 Å². The van der Waals surface area contributed by atoms with Crippen LogP contribution in [0, 0.1) is 6.92 Å². The molecule has 3 N–H and O–H groups in total. The van der Waals surface area contributed by atoms with Crippen LogP contribution in [0.25, 0.3) is 10.9 Å². The van der Waals surface area contributed by atoms with Gasteiger partial charge in [0.1, 0.15) is 17.5 Å². The van der Waals surface area contributed by atoms with Crippen molar-refractivity contribution >= 4 is 44.0 Å². The predicted molar refractivity (Wildman–Crippen MR) is 110 cm³/mol. The van der Waals surface area contributed by atoms with Crippen LogP contribution in [0.1, 0.15) is 5.56 Å². The van der Waals surface area contributed by atoms with E-state index in [9.17, 15) is 0 Å². The van der Waals surface area contributed by atoms with Crippen LogP contribution in [0.3, 0.4) is 0 Å². The molecule has 0 saturated carbocycles. The van der Waals surface area contributed by atoms with Crippen LogP contribution < -0.4 is 15.8 Å². The van der Waals surface area contributed by atoms with Gasteiger partial charge < -0.3 is 15.8 Å². The summed E-state index contributed by atoms with van der Waals surface area (Å²) in [5, 5.41) is 4.15. The zero-order chi connectivity index (χ0) is 18.8. The number of aromatic nitrogens is 3. The second-order valence-corrected chi connectivity index (χ2v) is 6.84. The van der Waals surface area contributed by atoms with Crippen molar-refractivity contribution in [1.29, 1.82) is 0 Å². The van der Waals surface area contributed by atoms with Gasteiger partial charge in [0, 0.05) is 21.7 Å². The van der Waals surface area contributed by atoms with Crippen LogP contribution in [0.4, 0.5) is 17.2 Å². The van der Waals surface area contributed by atoms with E-state index in [0.717, 1.165) is 26.6 Å². The van der Waals surface area contributed by atoms with Gasteiger partial charge in [-0.3, -0.25) is 4.98 Å². The van der Waals surface area contributed by atoms with Crippen LogP contribution >= 0.6 is 15.9 Å². The Morgan fingerprint density at radius 2 is 1.93 bits per heavy atom. The van der Waals surface area contributed by atoms with Crippen molar-refractivity contribution in [3.05, 3.63) is 71.1 Å². The lowest BCUT2D eigenvalue weighted by Crippen LogP contribution is -2.03. The molecule has 0 amide bonds. The fraction of sp³-hybridized carbons (Fsp3) is 0.0500. The van der Waals surface area contributed by atoms with Crippen LogP contribution in [-0.4, -0.2) is 15.0 Å². The molecule has 7 heteroatoms. The molecule has 2 aromatic heterocycles. The molecule has 0 fully saturated rings. The van der Waals surface area contributed by atoms with Crippen LogP contribution in [0.2, 0.25) is 0 Å². The number of benzene rings is 2. The Kier molecular flexibility index (Phi) is 4.60. The fourth-order valence-corrected chi connectivity index (χ4v) is 3.17. The standard InChI is InChI=1S/C20H16BrN5O/c1-12-4-2-5-13(10-12)26-19-17(22)20(25-11-24-19)27-16-8-7-15(21)14-6-3-9-23-18(14)16/h2-11H,22H2,1H3,(H,24,25,26). The number of halogens is 1. The molecule has 2 heterocycles. The second-order valence-electron chi connectivity index (χ2n) is 5.98. The van der Waals surface area contributed by atoms with Crippen molar-refractivity contribution in [2.24, 2.45) is 0 Å². The molecule has 134 valence electrons. The molecule has 0 aliphatic heterocycles. The third-order valence-corrected chi connectivity index (χ3v) is 4.71. The second kappa shape index (κ2) is 7.20. The molecule has 0 radical (unpaired) electrons. The molecule has 0 saturated heterocycles. The quantitative estimate of drug-likeness (QED) is 0.469. The zero-order valence-corrected chi connectivity index (χ0v) is 16.1. The number of nitrogens with zero attached hydrogens (tertiary/aromatic N) is 3. The first-order chi connectivity index (χ1) is 13.1. The first-order valence-corrected chi connectivity index (χ1v) is 9.06. The summed E-state index contributed by atoms with van der Waals surface area (Å²) >= 11 is 3.53. The van der Waals surface area contributed by atoms with Crippen LogP contribution in [0.5, 0.6) is 11.6 Å². The maximum Gasteiger partial charge on any atom is 0.248 e. The van der Waals surface area contributed by atoms with Gasteiger partial charge in [0.15, 0.2) is 11.6 Å². The number of anilines is 3. The largest absolute Gasteiger partial charge is 0.435 e. The van der Waals surface area contributed by atoms with Gasteiger partial charge in [-0.15, -0.1) is 0 Å². The highest BCUT2D eigenvalue weighted by Gasteiger charge is 2.13. The average Bonchev–Trinajstić information content (AvgIpc) is 2.67. The van der Waals surface area contributed by atoms with E-state index in [-0.39, 0.29) is 5.88 Å². The lowest BCUT2D eigenvalue weighted by molar-refractivity contribution is 0.469. The maximum atomic E-state index is 6.25. The summed E-state index contributed by atoms with van der Waals surface area (Å²) in [4.78, 5) is 12.8. The number of nitrogen functional groups attached to an aromatic ring is 1. The highest BCUT2D eigenvalue weighted by atomic mass is 79.9. The predicted octanol–water partition coefficient (Wildman–Crippen LogP) is 5.21. The lowest BCUT2D eigenvalue weighted by Gasteiger charge is -2.13. The monoisotopic (exact) mass is 421 g/mol. The number of hydrogen-bond acceptors (Lipinski definition) is 6. The molecule has 0 spiro atoms. The van der Waals surface area contributed by atoms with Crippen LogP contribution in [-0.2, 0) is 0 Å². The topological polar surface area (TPSA) is 86.0 Å². The summed E-state index contributed by atoms with van der Waals surface area (Å²) in [5.74, 6) is 1.33. The molecular weight excluding hydrogens is 406 g/mol. The average molecular weight is 422 g/mol. The van der Waals surface area contributed by atoms with Gasteiger partial charge in [-0.25, -0.2) is 4.98 Å². The van der Waals surface area contributed by atoms with Gasteiger partial charge in [-0.05, 0) is 42.8 Å². The Bertz CT molecular complexity index is 1130. The van der Waals surface area contributed by atoms with E-state index in [2.05, 4.69) is 36.2 Å². The van der Waals surface area contributed by atoms with Gasteiger partial charge in [0.05, 0.1) is 0 Å².